The molecule has 2 rings (SSSR count). The minimum atomic E-state index is -0.738. The SMILES string of the molecule is COc1ccc(OCC(=O)N(Cc2ccc(Cl)cc2Cl)[C@H](C)C(=O)NC(C)(C)C)cc1. The number of hydrogen-bond donors (Lipinski definition) is 1. The summed E-state index contributed by atoms with van der Waals surface area (Å²) < 4.78 is 10.8. The molecule has 0 saturated carbocycles. The van der Waals surface area contributed by atoms with Gasteiger partial charge in [0.05, 0.1) is 7.11 Å². The van der Waals surface area contributed by atoms with Gasteiger partial charge in [0.25, 0.3) is 5.91 Å². The molecule has 6 nitrogen and oxygen atoms in total. The molecule has 0 radical (unpaired) electrons. The van der Waals surface area contributed by atoms with Crippen LogP contribution in [-0.4, -0.2) is 42.0 Å². The molecule has 0 saturated heterocycles. The summed E-state index contributed by atoms with van der Waals surface area (Å²) in [5, 5.41) is 3.82. The van der Waals surface area contributed by atoms with Crippen molar-refractivity contribution in [3.8, 4) is 11.5 Å². The molecule has 0 heterocycles. The summed E-state index contributed by atoms with van der Waals surface area (Å²) in [6.45, 7) is 7.23. The quantitative estimate of drug-likeness (QED) is 0.611. The number of nitrogens with zero attached hydrogens (tertiary/aromatic N) is 1. The highest BCUT2D eigenvalue weighted by Gasteiger charge is 2.29. The maximum absolute atomic E-state index is 13.1. The topological polar surface area (TPSA) is 67.9 Å². The Hall–Kier alpha value is -2.44. The second-order valence-corrected chi connectivity index (χ2v) is 8.98. The third-order valence-corrected chi connectivity index (χ3v) is 5.03. The normalized spacial score (nSPS) is 12.1. The lowest BCUT2D eigenvalue weighted by molar-refractivity contribution is -0.142. The standard InChI is InChI=1S/C23H28Cl2N2O4/c1-15(22(29)26-23(2,3)4)27(13-16-6-7-17(24)12-20(16)25)21(28)14-31-19-10-8-18(30-5)9-11-19/h6-12,15H,13-14H2,1-5H3,(H,26,29)/t15-/m1/s1. The first-order valence-electron chi connectivity index (χ1n) is 9.82. The van der Waals surface area contributed by atoms with Gasteiger partial charge >= 0.3 is 0 Å². The van der Waals surface area contributed by atoms with Gasteiger partial charge in [0, 0.05) is 22.1 Å². The fourth-order valence-electron chi connectivity index (χ4n) is 2.79. The average Bonchev–Trinajstić information content (AvgIpc) is 2.70. The molecule has 0 unspecified atom stereocenters. The number of methoxy groups -OCH3 is 1. The maximum atomic E-state index is 13.1. The number of halogens is 2. The van der Waals surface area contributed by atoms with Gasteiger partial charge in [0.1, 0.15) is 17.5 Å². The minimum absolute atomic E-state index is 0.138. The number of rotatable bonds is 8. The Morgan fingerprint density at radius 2 is 1.68 bits per heavy atom. The zero-order chi connectivity index (χ0) is 23.2. The number of hydrogen-bond acceptors (Lipinski definition) is 4. The van der Waals surface area contributed by atoms with Crippen molar-refractivity contribution in [3.63, 3.8) is 0 Å². The first kappa shape index (κ1) is 24.8. The van der Waals surface area contributed by atoms with E-state index < -0.39 is 11.6 Å². The molecule has 0 spiro atoms. The molecule has 1 N–H and O–H groups in total. The second-order valence-electron chi connectivity index (χ2n) is 8.14. The van der Waals surface area contributed by atoms with Crippen LogP contribution in [0.25, 0.3) is 0 Å². The van der Waals surface area contributed by atoms with Crippen LogP contribution in [0.15, 0.2) is 42.5 Å². The Morgan fingerprint density at radius 1 is 1.06 bits per heavy atom. The van der Waals surface area contributed by atoms with E-state index in [9.17, 15) is 9.59 Å². The summed E-state index contributed by atoms with van der Waals surface area (Å²) in [6, 6.07) is 11.2. The molecule has 168 valence electrons. The molecule has 1 atom stereocenters. The van der Waals surface area contributed by atoms with Crippen molar-refractivity contribution in [3.05, 3.63) is 58.1 Å². The molecular formula is C23H28Cl2N2O4. The van der Waals surface area contributed by atoms with E-state index in [0.717, 1.165) is 0 Å². The maximum Gasteiger partial charge on any atom is 0.261 e. The van der Waals surface area contributed by atoms with Crippen LogP contribution in [0.1, 0.15) is 33.3 Å². The summed E-state index contributed by atoms with van der Waals surface area (Å²) in [5.74, 6) is 0.587. The number of nitrogens with one attached hydrogen (secondary N) is 1. The van der Waals surface area contributed by atoms with Gasteiger partial charge in [-0.15, -0.1) is 0 Å². The number of amides is 2. The van der Waals surface area contributed by atoms with Crippen LogP contribution in [0.4, 0.5) is 0 Å². The van der Waals surface area contributed by atoms with Gasteiger partial charge in [-0.25, -0.2) is 0 Å². The third kappa shape index (κ3) is 7.64. The van der Waals surface area contributed by atoms with Gasteiger partial charge in [0.2, 0.25) is 5.91 Å². The van der Waals surface area contributed by atoms with E-state index in [4.69, 9.17) is 32.7 Å². The van der Waals surface area contributed by atoms with E-state index >= 15 is 0 Å². The van der Waals surface area contributed by atoms with Crippen LogP contribution in [0.5, 0.6) is 11.5 Å². The smallest absolute Gasteiger partial charge is 0.261 e. The van der Waals surface area contributed by atoms with E-state index in [-0.39, 0.29) is 25.0 Å². The molecule has 0 bridgehead atoms. The van der Waals surface area contributed by atoms with Crippen molar-refractivity contribution in [2.45, 2.75) is 45.8 Å². The van der Waals surface area contributed by atoms with Crippen molar-refractivity contribution >= 4 is 35.0 Å². The molecule has 0 fully saturated rings. The van der Waals surface area contributed by atoms with Gasteiger partial charge in [-0.2, -0.15) is 0 Å². The van der Waals surface area contributed by atoms with E-state index in [1.165, 1.54) is 4.90 Å². The molecule has 8 heteroatoms. The molecular weight excluding hydrogens is 439 g/mol. The molecule has 0 aliphatic carbocycles. The molecule has 2 aromatic carbocycles. The van der Waals surface area contributed by atoms with Gasteiger partial charge in [-0.1, -0.05) is 29.3 Å². The van der Waals surface area contributed by atoms with Crippen molar-refractivity contribution < 1.29 is 19.1 Å². The van der Waals surface area contributed by atoms with Crippen LogP contribution in [0.3, 0.4) is 0 Å². The minimum Gasteiger partial charge on any atom is -0.497 e. The number of carbonyl (C=O) groups is 2. The van der Waals surface area contributed by atoms with Crippen molar-refractivity contribution in [1.29, 1.82) is 0 Å². The molecule has 2 aromatic rings. The summed E-state index contributed by atoms with van der Waals surface area (Å²) >= 11 is 12.3. The number of ether oxygens (including phenoxy) is 2. The summed E-state index contributed by atoms with van der Waals surface area (Å²) in [5.41, 5.74) is 0.247. The highest BCUT2D eigenvalue weighted by molar-refractivity contribution is 6.35. The van der Waals surface area contributed by atoms with Crippen LogP contribution in [0.2, 0.25) is 10.0 Å². The molecule has 2 amide bonds. The first-order valence-corrected chi connectivity index (χ1v) is 10.6. The van der Waals surface area contributed by atoms with Crippen LogP contribution >= 0.6 is 23.2 Å². The van der Waals surface area contributed by atoms with Crippen LogP contribution in [0, 0.1) is 0 Å². The van der Waals surface area contributed by atoms with Crippen molar-refractivity contribution in [2.75, 3.05) is 13.7 Å². The van der Waals surface area contributed by atoms with Crippen LogP contribution in [-0.2, 0) is 16.1 Å². The van der Waals surface area contributed by atoms with E-state index in [0.29, 0.717) is 27.1 Å². The predicted octanol–water partition coefficient (Wildman–Crippen LogP) is 4.71. The second kappa shape index (κ2) is 10.7. The Bertz CT molecular complexity index is 911. The number of benzene rings is 2. The average molecular weight is 467 g/mol. The third-order valence-electron chi connectivity index (χ3n) is 4.44. The highest BCUT2D eigenvalue weighted by Crippen LogP contribution is 2.24. The Morgan fingerprint density at radius 3 is 2.23 bits per heavy atom. The first-order chi connectivity index (χ1) is 14.5. The Balaban J connectivity index is 2.19. The van der Waals surface area contributed by atoms with Crippen LogP contribution < -0.4 is 14.8 Å². The fourth-order valence-corrected chi connectivity index (χ4v) is 3.26. The molecule has 0 aromatic heterocycles. The summed E-state index contributed by atoms with van der Waals surface area (Å²) in [4.78, 5) is 27.3. The van der Waals surface area contributed by atoms with E-state index in [1.807, 2.05) is 20.8 Å². The Labute approximate surface area is 193 Å². The van der Waals surface area contributed by atoms with E-state index in [1.54, 1.807) is 56.5 Å². The summed E-state index contributed by atoms with van der Waals surface area (Å²) in [7, 11) is 1.57. The zero-order valence-electron chi connectivity index (χ0n) is 18.4. The van der Waals surface area contributed by atoms with Crippen molar-refractivity contribution in [2.24, 2.45) is 0 Å². The Kier molecular flexibility index (Phi) is 8.60. The molecule has 0 aliphatic rings. The predicted molar refractivity (Wildman–Crippen MR) is 123 cm³/mol. The largest absolute Gasteiger partial charge is 0.497 e. The number of carbonyl (C=O) groups excluding carboxylic acids is 2. The molecule has 31 heavy (non-hydrogen) atoms. The molecule has 0 aliphatic heterocycles. The lowest BCUT2D eigenvalue weighted by Gasteiger charge is -2.31. The van der Waals surface area contributed by atoms with Gasteiger partial charge in [-0.3, -0.25) is 9.59 Å². The van der Waals surface area contributed by atoms with Gasteiger partial charge < -0.3 is 19.7 Å². The summed E-state index contributed by atoms with van der Waals surface area (Å²) in [6.07, 6.45) is 0. The fraction of sp³-hybridized carbons (Fsp3) is 0.391. The lowest BCUT2D eigenvalue weighted by Crippen LogP contribution is -2.53. The van der Waals surface area contributed by atoms with Gasteiger partial charge in [0.15, 0.2) is 6.61 Å². The zero-order valence-corrected chi connectivity index (χ0v) is 19.9. The lowest BCUT2D eigenvalue weighted by atomic mass is 10.1. The van der Waals surface area contributed by atoms with E-state index in [2.05, 4.69) is 5.32 Å². The van der Waals surface area contributed by atoms with Gasteiger partial charge in [-0.05, 0) is 69.7 Å². The monoisotopic (exact) mass is 466 g/mol. The van der Waals surface area contributed by atoms with Crippen molar-refractivity contribution in [1.82, 2.24) is 10.2 Å². The highest BCUT2D eigenvalue weighted by atomic mass is 35.5.